The quantitative estimate of drug-likeness (QED) is 0.327. The average molecular weight is 459 g/mol. The van der Waals surface area contributed by atoms with Gasteiger partial charge in [0.15, 0.2) is 0 Å². The minimum absolute atomic E-state index is 0.166. The zero-order valence-corrected chi connectivity index (χ0v) is 18.4. The third kappa shape index (κ3) is 5.44. The van der Waals surface area contributed by atoms with E-state index in [1.54, 1.807) is 6.92 Å². The number of halogens is 1. The summed E-state index contributed by atoms with van der Waals surface area (Å²) >= 11 is 3.41. The predicted octanol–water partition coefficient (Wildman–Crippen LogP) is 5.70. The molecular weight excluding hydrogens is 436 g/mol. The zero-order valence-electron chi connectivity index (χ0n) is 16.8. The van der Waals surface area contributed by atoms with Gasteiger partial charge in [0.1, 0.15) is 11.5 Å². The summed E-state index contributed by atoms with van der Waals surface area (Å²) in [6.07, 6.45) is 1.84. The Hall–Kier alpha value is -2.67. The molecule has 0 N–H and O–H groups in total. The Kier molecular flexibility index (Phi) is 6.07. The Bertz CT molecular complexity index is 948. The maximum absolute atomic E-state index is 12.4. The fourth-order valence-electron chi connectivity index (χ4n) is 2.57. The van der Waals surface area contributed by atoms with Gasteiger partial charge in [-0.2, -0.15) is 0 Å². The van der Waals surface area contributed by atoms with E-state index in [1.165, 1.54) is 6.21 Å². The fourth-order valence-corrected chi connectivity index (χ4v) is 2.95. The van der Waals surface area contributed by atoms with Gasteiger partial charge in [0.05, 0.1) is 11.9 Å². The van der Waals surface area contributed by atoms with Crippen LogP contribution in [0.3, 0.4) is 0 Å². The lowest BCUT2D eigenvalue weighted by Gasteiger charge is -2.20. The third-order valence-corrected chi connectivity index (χ3v) is 4.90. The van der Waals surface area contributed by atoms with E-state index < -0.39 is 11.6 Å². The summed E-state index contributed by atoms with van der Waals surface area (Å²) in [6, 6.07) is 14.9. The Morgan fingerprint density at radius 2 is 1.93 bits per heavy atom. The molecule has 1 heterocycles. The second kappa shape index (κ2) is 8.37. The molecule has 1 aliphatic rings. The molecule has 1 atom stereocenters. The van der Waals surface area contributed by atoms with Gasteiger partial charge in [0.2, 0.25) is 5.60 Å². The second-order valence-corrected chi connectivity index (χ2v) is 8.94. The van der Waals surface area contributed by atoms with Gasteiger partial charge in [0, 0.05) is 16.3 Å². The molecule has 0 bridgehead atoms. The van der Waals surface area contributed by atoms with Gasteiger partial charge in [-0.05, 0) is 55.0 Å². The van der Waals surface area contributed by atoms with Gasteiger partial charge < -0.3 is 14.4 Å². The Balaban J connectivity index is 1.55. The number of carbonyl (C=O) groups is 1. The highest BCUT2D eigenvalue weighted by atomic mass is 79.9. The summed E-state index contributed by atoms with van der Waals surface area (Å²) in [6.45, 7) is 7.72. The van der Waals surface area contributed by atoms with Crippen LogP contribution in [0.15, 0.2) is 63.3 Å². The molecule has 0 saturated carbocycles. The van der Waals surface area contributed by atoms with Gasteiger partial charge in [0.25, 0.3) is 0 Å². The molecule has 0 spiro atoms. The van der Waals surface area contributed by atoms with Crippen LogP contribution in [0.5, 0.6) is 11.5 Å². The molecule has 0 aliphatic carbocycles. The Labute approximate surface area is 178 Å². The van der Waals surface area contributed by atoms with Crippen LogP contribution >= 0.6 is 15.9 Å². The molecule has 1 unspecified atom stereocenters. The zero-order chi connectivity index (χ0) is 21.1. The highest BCUT2D eigenvalue weighted by Crippen LogP contribution is 2.32. The van der Waals surface area contributed by atoms with Crippen molar-refractivity contribution in [2.24, 2.45) is 15.7 Å². The van der Waals surface area contributed by atoms with E-state index >= 15 is 0 Å². The van der Waals surface area contributed by atoms with Crippen LogP contribution < -0.4 is 4.74 Å². The molecule has 7 heteroatoms. The Morgan fingerprint density at radius 1 is 1.21 bits per heavy atom. The standard InChI is InChI=1S/C22H23BrN2O4/c1-21(2,3)19-13-22(4,29-25-19)20(26)28-24-14-15-8-10-17(11-9-15)27-18-7-5-6-16(23)12-18/h5-12,14H,13H2,1-4H3/b24-14+. The normalized spacial score (nSPS) is 19.0. The summed E-state index contributed by atoms with van der Waals surface area (Å²) in [5.74, 6) is 0.846. The van der Waals surface area contributed by atoms with Crippen LogP contribution in [0, 0.1) is 5.41 Å². The van der Waals surface area contributed by atoms with Crippen molar-refractivity contribution in [3.05, 3.63) is 58.6 Å². The van der Waals surface area contributed by atoms with Crippen LogP contribution in [0.1, 0.15) is 39.7 Å². The first-order valence-electron chi connectivity index (χ1n) is 9.20. The number of nitrogens with zero attached hydrogens (tertiary/aromatic N) is 2. The maximum Gasteiger partial charge on any atom is 0.381 e. The summed E-state index contributed by atoms with van der Waals surface area (Å²) in [5.41, 5.74) is 0.272. The second-order valence-electron chi connectivity index (χ2n) is 8.03. The minimum atomic E-state index is -1.15. The Morgan fingerprint density at radius 3 is 2.55 bits per heavy atom. The predicted molar refractivity (Wildman–Crippen MR) is 115 cm³/mol. The number of carbonyl (C=O) groups excluding carboxylic acids is 1. The third-order valence-electron chi connectivity index (χ3n) is 4.41. The van der Waals surface area contributed by atoms with E-state index in [1.807, 2.05) is 69.3 Å². The number of rotatable bonds is 5. The smallest absolute Gasteiger partial charge is 0.381 e. The van der Waals surface area contributed by atoms with Crippen LogP contribution in [-0.2, 0) is 14.5 Å². The van der Waals surface area contributed by atoms with Crippen LogP contribution in [0.25, 0.3) is 0 Å². The molecule has 6 nitrogen and oxygen atoms in total. The molecule has 0 aromatic heterocycles. The van der Waals surface area contributed by atoms with Crippen LogP contribution in [0.4, 0.5) is 0 Å². The summed E-state index contributed by atoms with van der Waals surface area (Å²) in [4.78, 5) is 22.7. The summed E-state index contributed by atoms with van der Waals surface area (Å²) < 4.78 is 6.73. The van der Waals surface area contributed by atoms with Gasteiger partial charge in [-0.15, -0.1) is 0 Å². The van der Waals surface area contributed by atoms with Crippen molar-refractivity contribution in [2.75, 3.05) is 0 Å². The maximum atomic E-state index is 12.4. The molecule has 1 aliphatic heterocycles. The number of hydrogen-bond donors (Lipinski definition) is 0. The molecule has 0 fully saturated rings. The first-order chi connectivity index (χ1) is 13.7. The molecule has 0 saturated heterocycles. The van der Waals surface area contributed by atoms with E-state index in [0.717, 1.165) is 21.5 Å². The lowest BCUT2D eigenvalue weighted by Crippen LogP contribution is -2.37. The minimum Gasteiger partial charge on any atom is -0.457 e. The van der Waals surface area contributed by atoms with Crippen molar-refractivity contribution in [3.8, 4) is 11.5 Å². The number of ether oxygens (including phenoxy) is 1. The van der Waals surface area contributed by atoms with E-state index in [9.17, 15) is 4.79 Å². The summed E-state index contributed by atoms with van der Waals surface area (Å²) in [5, 5.41) is 7.84. The average Bonchev–Trinajstić information content (AvgIpc) is 3.07. The largest absolute Gasteiger partial charge is 0.457 e. The van der Waals surface area contributed by atoms with Gasteiger partial charge in [-0.3, -0.25) is 0 Å². The molecule has 3 rings (SSSR count). The van der Waals surface area contributed by atoms with Gasteiger partial charge in [-0.25, -0.2) is 4.79 Å². The molecule has 152 valence electrons. The topological polar surface area (TPSA) is 69.5 Å². The summed E-state index contributed by atoms with van der Waals surface area (Å²) in [7, 11) is 0. The monoisotopic (exact) mass is 458 g/mol. The molecule has 0 amide bonds. The van der Waals surface area contributed by atoms with Crippen molar-refractivity contribution < 1.29 is 19.2 Å². The molecule has 2 aromatic carbocycles. The number of hydrogen-bond acceptors (Lipinski definition) is 6. The van der Waals surface area contributed by atoms with E-state index in [0.29, 0.717) is 12.2 Å². The first kappa shape index (κ1) is 21.0. The van der Waals surface area contributed by atoms with Crippen molar-refractivity contribution >= 4 is 33.8 Å². The van der Waals surface area contributed by atoms with Crippen molar-refractivity contribution in [2.45, 2.75) is 39.7 Å². The fraction of sp³-hybridized carbons (Fsp3) is 0.318. The van der Waals surface area contributed by atoms with Gasteiger partial charge >= 0.3 is 5.97 Å². The molecular formula is C22H23BrN2O4. The number of oxime groups is 2. The van der Waals surface area contributed by atoms with Crippen molar-refractivity contribution in [1.29, 1.82) is 0 Å². The first-order valence-corrected chi connectivity index (χ1v) is 9.99. The van der Waals surface area contributed by atoms with Crippen molar-refractivity contribution in [3.63, 3.8) is 0 Å². The highest BCUT2D eigenvalue weighted by molar-refractivity contribution is 9.10. The lowest BCUT2D eigenvalue weighted by atomic mass is 9.84. The number of benzene rings is 2. The molecule has 2 aromatic rings. The van der Waals surface area contributed by atoms with Gasteiger partial charge in [-0.1, -0.05) is 53.1 Å². The highest BCUT2D eigenvalue weighted by Gasteiger charge is 2.46. The van der Waals surface area contributed by atoms with Crippen LogP contribution in [-0.4, -0.2) is 23.5 Å². The van der Waals surface area contributed by atoms with Crippen LogP contribution in [0.2, 0.25) is 0 Å². The molecule has 0 radical (unpaired) electrons. The van der Waals surface area contributed by atoms with E-state index in [4.69, 9.17) is 14.4 Å². The molecule has 29 heavy (non-hydrogen) atoms. The van der Waals surface area contributed by atoms with E-state index in [2.05, 4.69) is 26.2 Å². The van der Waals surface area contributed by atoms with Crippen molar-refractivity contribution in [1.82, 2.24) is 0 Å². The van der Waals surface area contributed by atoms with E-state index in [-0.39, 0.29) is 5.41 Å². The lowest BCUT2D eigenvalue weighted by molar-refractivity contribution is -0.167. The SMILES string of the molecule is CC(C)(C)C1=NOC(C)(C(=O)O/N=C/c2ccc(Oc3cccc(Br)c3)cc2)C1.